The van der Waals surface area contributed by atoms with Crippen LogP contribution in [0.2, 0.25) is 0 Å². The first kappa shape index (κ1) is 20.3. The van der Waals surface area contributed by atoms with Crippen molar-refractivity contribution in [3.05, 3.63) is 62.6 Å². The van der Waals surface area contributed by atoms with Crippen LogP contribution in [0.25, 0.3) is 0 Å². The zero-order valence-corrected chi connectivity index (χ0v) is 17.5. The molecule has 0 aromatic heterocycles. The molecule has 2 aromatic carbocycles. The second kappa shape index (κ2) is 8.69. The van der Waals surface area contributed by atoms with Gasteiger partial charge < -0.3 is 9.47 Å². The van der Waals surface area contributed by atoms with Crippen molar-refractivity contribution in [3.8, 4) is 17.2 Å². The lowest BCUT2D eigenvalue weighted by atomic mass is 9.92. The molecule has 2 nitrogen and oxygen atoms in total. The molecule has 0 atom stereocenters. The van der Waals surface area contributed by atoms with Crippen LogP contribution in [0, 0.1) is 0 Å². The third-order valence-electron chi connectivity index (χ3n) is 4.29. The van der Waals surface area contributed by atoms with Crippen LogP contribution < -0.4 is 9.47 Å². The fourth-order valence-electron chi connectivity index (χ4n) is 3.02. The lowest BCUT2D eigenvalue weighted by molar-refractivity contribution is -0.138. The van der Waals surface area contributed by atoms with Gasteiger partial charge in [0, 0.05) is 0 Å². The van der Waals surface area contributed by atoms with Crippen molar-refractivity contribution in [1.29, 1.82) is 0 Å². The highest BCUT2D eigenvalue weighted by Gasteiger charge is 2.35. The van der Waals surface area contributed by atoms with Gasteiger partial charge in [-0.1, -0.05) is 6.07 Å². The molecule has 0 radical (unpaired) electrons. The van der Waals surface area contributed by atoms with Gasteiger partial charge in [-0.2, -0.15) is 13.2 Å². The van der Waals surface area contributed by atoms with Crippen molar-refractivity contribution in [2.45, 2.75) is 31.9 Å². The number of aryl methyl sites for hydroxylation is 2. The number of rotatable bonds is 5. The Balaban J connectivity index is 1.82. The van der Waals surface area contributed by atoms with E-state index in [9.17, 15) is 13.2 Å². The quantitative estimate of drug-likeness (QED) is 0.421. The maximum Gasteiger partial charge on any atom is 0.420 e. The Kier molecular flexibility index (Phi) is 6.52. The molecule has 0 unspecified atom stereocenters. The summed E-state index contributed by atoms with van der Waals surface area (Å²) in [7, 11) is 0. The van der Waals surface area contributed by atoms with Crippen molar-refractivity contribution in [1.82, 2.24) is 0 Å². The summed E-state index contributed by atoms with van der Waals surface area (Å²) >= 11 is 6.27. The van der Waals surface area contributed by atoms with Crippen molar-refractivity contribution < 1.29 is 22.6 Å². The zero-order valence-electron chi connectivity index (χ0n) is 14.3. The molecular weight excluding hydrogens is 489 g/mol. The van der Waals surface area contributed by atoms with Gasteiger partial charge in [-0.05, 0) is 105 Å². The molecule has 2 aromatic rings. The molecule has 0 aliphatic heterocycles. The molecule has 0 bridgehead atoms. The average molecular weight is 506 g/mol. The van der Waals surface area contributed by atoms with Crippen molar-refractivity contribution in [2.75, 3.05) is 6.61 Å². The van der Waals surface area contributed by atoms with Crippen LogP contribution in [0.3, 0.4) is 0 Å². The standard InChI is InChI=1S/C20H17Br2F3O2/c21-19(22)9-10-26-18-8-7-16(12-17(18)20(23,24)25)27-15-6-5-13-3-1-2-4-14(13)11-15/h5-9,11-12H,1-4,10H2. The first-order valence-electron chi connectivity index (χ1n) is 8.48. The smallest absolute Gasteiger partial charge is 0.420 e. The number of halogens is 5. The topological polar surface area (TPSA) is 18.5 Å². The molecule has 0 saturated carbocycles. The third-order valence-corrected chi connectivity index (χ3v) is 4.94. The molecule has 144 valence electrons. The predicted molar refractivity (Wildman–Crippen MR) is 106 cm³/mol. The van der Waals surface area contributed by atoms with Crippen molar-refractivity contribution in [2.24, 2.45) is 0 Å². The molecule has 0 heterocycles. The average Bonchev–Trinajstić information content (AvgIpc) is 2.61. The van der Waals surface area contributed by atoms with Crippen LogP contribution in [0.4, 0.5) is 13.2 Å². The van der Waals surface area contributed by atoms with Crippen LogP contribution in [0.1, 0.15) is 29.5 Å². The monoisotopic (exact) mass is 504 g/mol. The Hall–Kier alpha value is -1.47. The molecule has 0 fully saturated rings. The van der Waals surface area contributed by atoms with Gasteiger partial charge in [0.1, 0.15) is 29.4 Å². The predicted octanol–water partition coefficient (Wildman–Crippen LogP) is 7.39. The van der Waals surface area contributed by atoms with Crippen LogP contribution in [0.15, 0.2) is 45.9 Å². The normalized spacial score (nSPS) is 13.7. The summed E-state index contributed by atoms with van der Waals surface area (Å²) in [5, 5.41) is 0. The molecule has 0 N–H and O–H groups in total. The van der Waals surface area contributed by atoms with Gasteiger partial charge in [0.2, 0.25) is 0 Å². The highest BCUT2D eigenvalue weighted by molar-refractivity contribution is 9.28. The van der Waals surface area contributed by atoms with E-state index in [-0.39, 0.29) is 18.1 Å². The van der Waals surface area contributed by atoms with Crippen LogP contribution >= 0.6 is 31.9 Å². The molecule has 27 heavy (non-hydrogen) atoms. The molecule has 0 amide bonds. The van der Waals surface area contributed by atoms with Gasteiger partial charge in [0.15, 0.2) is 0 Å². The summed E-state index contributed by atoms with van der Waals surface area (Å²) in [5.74, 6) is 0.434. The lowest BCUT2D eigenvalue weighted by Gasteiger charge is -2.18. The summed E-state index contributed by atoms with van der Waals surface area (Å²) in [6.07, 6.45) is 1.34. The Morgan fingerprint density at radius 1 is 0.963 bits per heavy atom. The number of hydrogen-bond acceptors (Lipinski definition) is 2. The summed E-state index contributed by atoms with van der Waals surface area (Å²) in [6.45, 7) is -0.0000602. The molecular formula is C20H17Br2F3O2. The maximum absolute atomic E-state index is 13.4. The highest BCUT2D eigenvalue weighted by atomic mass is 79.9. The largest absolute Gasteiger partial charge is 0.489 e. The SMILES string of the molecule is FC(F)(F)c1cc(Oc2ccc3c(c2)CCCC3)ccc1OCC=C(Br)Br. The molecule has 1 aliphatic rings. The number of hydrogen-bond donors (Lipinski definition) is 0. The van der Waals surface area contributed by atoms with Crippen LogP contribution in [0.5, 0.6) is 17.2 Å². The third kappa shape index (κ3) is 5.51. The minimum absolute atomic E-state index is 0.0000602. The number of fused-ring (bicyclic) bond motifs is 1. The summed E-state index contributed by atoms with van der Waals surface area (Å²) in [6, 6.07) is 9.46. The second-order valence-electron chi connectivity index (χ2n) is 6.20. The van der Waals surface area contributed by atoms with E-state index >= 15 is 0 Å². The Bertz CT molecular complexity index is 844. The van der Waals surface area contributed by atoms with E-state index in [4.69, 9.17) is 9.47 Å². The van der Waals surface area contributed by atoms with Gasteiger partial charge in [0.05, 0.1) is 3.39 Å². The number of benzene rings is 2. The van der Waals surface area contributed by atoms with Gasteiger partial charge >= 0.3 is 6.18 Å². The van der Waals surface area contributed by atoms with E-state index in [1.165, 1.54) is 29.7 Å². The van der Waals surface area contributed by atoms with E-state index in [1.807, 2.05) is 12.1 Å². The second-order valence-corrected chi connectivity index (χ2v) is 8.97. The molecule has 7 heteroatoms. The van der Waals surface area contributed by atoms with E-state index in [1.54, 1.807) is 12.1 Å². The first-order chi connectivity index (χ1) is 12.8. The van der Waals surface area contributed by atoms with Gasteiger partial charge in [-0.3, -0.25) is 0 Å². The Labute approximate surface area is 172 Å². The molecule has 0 spiro atoms. The minimum atomic E-state index is -4.54. The van der Waals surface area contributed by atoms with Gasteiger partial charge in [-0.25, -0.2) is 0 Å². The first-order valence-corrected chi connectivity index (χ1v) is 10.1. The highest BCUT2D eigenvalue weighted by Crippen LogP contribution is 2.39. The minimum Gasteiger partial charge on any atom is -0.489 e. The van der Waals surface area contributed by atoms with Crippen LogP contribution in [-0.2, 0) is 19.0 Å². The van der Waals surface area contributed by atoms with Crippen molar-refractivity contribution in [3.63, 3.8) is 0 Å². The fraction of sp³-hybridized carbons (Fsp3) is 0.300. The van der Waals surface area contributed by atoms with Gasteiger partial charge in [0.25, 0.3) is 0 Å². The van der Waals surface area contributed by atoms with Crippen LogP contribution in [-0.4, -0.2) is 6.61 Å². The van der Waals surface area contributed by atoms with E-state index in [0.717, 1.165) is 25.3 Å². The molecule has 3 rings (SSSR count). The molecule has 0 saturated heterocycles. The van der Waals surface area contributed by atoms with Gasteiger partial charge in [-0.15, -0.1) is 0 Å². The number of ether oxygens (including phenoxy) is 2. The zero-order chi connectivity index (χ0) is 19.4. The number of alkyl halides is 3. The lowest BCUT2D eigenvalue weighted by Crippen LogP contribution is -2.09. The summed E-state index contributed by atoms with van der Waals surface area (Å²) < 4.78 is 51.8. The Morgan fingerprint density at radius 2 is 1.63 bits per heavy atom. The Morgan fingerprint density at radius 3 is 2.33 bits per heavy atom. The maximum atomic E-state index is 13.4. The molecule has 1 aliphatic carbocycles. The van der Waals surface area contributed by atoms with E-state index in [2.05, 4.69) is 31.9 Å². The summed E-state index contributed by atoms with van der Waals surface area (Å²) in [5.41, 5.74) is 1.64. The summed E-state index contributed by atoms with van der Waals surface area (Å²) in [4.78, 5) is 0. The van der Waals surface area contributed by atoms with E-state index < -0.39 is 11.7 Å². The van der Waals surface area contributed by atoms with E-state index in [0.29, 0.717) is 9.14 Å². The fourth-order valence-corrected chi connectivity index (χ4v) is 3.29. The van der Waals surface area contributed by atoms with Crippen molar-refractivity contribution >= 4 is 31.9 Å².